The maximum atomic E-state index is 9.65. The van der Waals surface area contributed by atoms with Crippen molar-refractivity contribution in [1.29, 1.82) is 0 Å². The molecule has 0 radical (unpaired) electrons. The molecular formula is C15H15NO2. The SMILES string of the molecule is Cc1cccc(C)c1N=Cc1cc(O)ccc1O. The van der Waals surface area contributed by atoms with Gasteiger partial charge in [-0.15, -0.1) is 0 Å². The van der Waals surface area contributed by atoms with E-state index in [4.69, 9.17) is 0 Å². The molecule has 3 heteroatoms. The number of phenols is 2. The average Bonchev–Trinajstić information content (AvgIpc) is 2.33. The molecule has 0 aliphatic rings. The lowest BCUT2D eigenvalue weighted by Crippen LogP contribution is -1.84. The van der Waals surface area contributed by atoms with Crippen LogP contribution in [0.25, 0.3) is 0 Å². The van der Waals surface area contributed by atoms with Crippen LogP contribution in [0.4, 0.5) is 5.69 Å². The zero-order valence-electron chi connectivity index (χ0n) is 10.4. The molecule has 0 amide bonds. The minimum atomic E-state index is 0.0998. The van der Waals surface area contributed by atoms with Crippen LogP contribution in [0.1, 0.15) is 16.7 Å². The van der Waals surface area contributed by atoms with Crippen LogP contribution in [0.5, 0.6) is 11.5 Å². The highest BCUT2D eigenvalue weighted by Crippen LogP contribution is 2.25. The molecule has 0 fully saturated rings. The van der Waals surface area contributed by atoms with E-state index in [2.05, 4.69) is 4.99 Å². The van der Waals surface area contributed by atoms with Gasteiger partial charge in [0.1, 0.15) is 11.5 Å². The predicted octanol–water partition coefficient (Wildman–Crippen LogP) is 3.47. The average molecular weight is 241 g/mol. The Bertz CT molecular complexity index is 583. The maximum absolute atomic E-state index is 9.65. The van der Waals surface area contributed by atoms with Gasteiger partial charge in [0.05, 0.1) is 5.69 Å². The lowest BCUT2D eigenvalue weighted by atomic mass is 10.1. The molecule has 0 bridgehead atoms. The monoisotopic (exact) mass is 241 g/mol. The van der Waals surface area contributed by atoms with Gasteiger partial charge >= 0.3 is 0 Å². The fourth-order valence-corrected chi connectivity index (χ4v) is 1.79. The molecule has 0 heterocycles. The third kappa shape index (κ3) is 2.51. The first kappa shape index (κ1) is 12.2. The largest absolute Gasteiger partial charge is 0.508 e. The fraction of sp³-hybridized carbons (Fsp3) is 0.133. The van der Waals surface area contributed by atoms with E-state index in [0.29, 0.717) is 5.56 Å². The van der Waals surface area contributed by atoms with Gasteiger partial charge in [0, 0.05) is 11.8 Å². The molecule has 18 heavy (non-hydrogen) atoms. The second-order valence-corrected chi connectivity index (χ2v) is 4.24. The Balaban J connectivity index is 2.39. The summed E-state index contributed by atoms with van der Waals surface area (Å²) in [5.74, 6) is 0.207. The van der Waals surface area contributed by atoms with Gasteiger partial charge in [-0.05, 0) is 43.2 Å². The van der Waals surface area contributed by atoms with E-state index in [0.717, 1.165) is 16.8 Å². The third-order valence-corrected chi connectivity index (χ3v) is 2.78. The summed E-state index contributed by atoms with van der Waals surface area (Å²) in [4.78, 5) is 4.38. The number of aromatic hydroxyl groups is 2. The smallest absolute Gasteiger partial charge is 0.124 e. The number of rotatable bonds is 2. The van der Waals surface area contributed by atoms with Crippen molar-refractivity contribution in [1.82, 2.24) is 0 Å². The van der Waals surface area contributed by atoms with Crippen molar-refractivity contribution in [2.24, 2.45) is 4.99 Å². The number of aliphatic imine (C=N–C) groups is 1. The van der Waals surface area contributed by atoms with Crippen LogP contribution in [0, 0.1) is 13.8 Å². The second-order valence-electron chi connectivity index (χ2n) is 4.24. The van der Waals surface area contributed by atoms with Crippen LogP contribution in [0.15, 0.2) is 41.4 Å². The van der Waals surface area contributed by atoms with Gasteiger partial charge in [-0.3, -0.25) is 4.99 Å². The van der Waals surface area contributed by atoms with Crippen molar-refractivity contribution in [3.63, 3.8) is 0 Å². The molecule has 0 saturated heterocycles. The van der Waals surface area contributed by atoms with E-state index in [1.54, 1.807) is 6.21 Å². The topological polar surface area (TPSA) is 52.8 Å². The lowest BCUT2D eigenvalue weighted by Gasteiger charge is -2.04. The number of para-hydroxylation sites is 1. The molecule has 0 aromatic heterocycles. The van der Waals surface area contributed by atoms with Crippen molar-refractivity contribution >= 4 is 11.9 Å². The maximum Gasteiger partial charge on any atom is 0.124 e. The van der Waals surface area contributed by atoms with Crippen LogP contribution < -0.4 is 0 Å². The third-order valence-electron chi connectivity index (χ3n) is 2.78. The van der Waals surface area contributed by atoms with Gasteiger partial charge in [-0.25, -0.2) is 0 Å². The Morgan fingerprint density at radius 3 is 2.33 bits per heavy atom. The predicted molar refractivity (Wildman–Crippen MR) is 72.9 cm³/mol. The van der Waals surface area contributed by atoms with E-state index in [9.17, 15) is 10.2 Å². The number of phenolic OH excluding ortho intramolecular Hbond substituents is 2. The molecule has 0 atom stereocenters. The van der Waals surface area contributed by atoms with Crippen LogP contribution in [0.2, 0.25) is 0 Å². The Kier molecular flexibility index (Phi) is 3.33. The molecule has 0 saturated carbocycles. The van der Waals surface area contributed by atoms with Gasteiger partial charge in [0.15, 0.2) is 0 Å². The van der Waals surface area contributed by atoms with Gasteiger partial charge in [-0.2, -0.15) is 0 Å². The zero-order chi connectivity index (χ0) is 13.1. The van der Waals surface area contributed by atoms with Crippen molar-refractivity contribution in [3.8, 4) is 11.5 Å². The Morgan fingerprint density at radius 1 is 1.00 bits per heavy atom. The van der Waals surface area contributed by atoms with Crippen LogP contribution >= 0.6 is 0 Å². The van der Waals surface area contributed by atoms with Gasteiger partial charge < -0.3 is 10.2 Å². The van der Waals surface area contributed by atoms with Crippen molar-refractivity contribution in [2.45, 2.75) is 13.8 Å². The fourth-order valence-electron chi connectivity index (χ4n) is 1.79. The van der Waals surface area contributed by atoms with Gasteiger partial charge in [0.2, 0.25) is 0 Å². The number of nitrogens with zero attached hydrogens (tertiary/aromatic N) is 1. The summed E-state index contributed by atoms with van der Waals surface area (Å²) in [6, 6.07) is 10.3. The second kappa shape index (κ2) is 4.92. The van der Waals surface area contributed by atoms with Crippen molar-refractivity contribution < 1.29 is 10.2 Å². The summed E-state index contributed by atoms with van der Waals surface area (Å²) < 4.78 is 0. The molecule has 0 unspecified atom stereocenters. The molecular weight excluding hydrogens is 226 g/mol. The van der Waals surface area contributed by atoms with Crippen LogP contribution in [-0.4, -0.2) is 16.4 Å². The van der Waals surface area contributed by atoms with Crippen LogP contribution in [-0.2, 0) is 0 Å². The molecule has 2 N–H and O–H groups in total. The van der Waals surface area contributed by atoms with E-state index in [1.165, 1.54) is 18.2 Å². The molecule has 0 aliphatic heterocycles. The first-order chi connectivity index (χ1) is 8.58. The number of hydrogen-bond acceptors (Lipinski definition) is 3. The summed E-state index contributed by atoms with van der Waals surface area (Å²) in [6.07, 6.45) is 1.56. The number of benzene rings is 2. The highest BCUT2D eigenvalue weighted by atomic mass is 16.3. The molecule has 92 valence electrons. The minimum Gasteiger partial charge on any atom is -0.508 e. The molecule has 2 rings (SSSR count). The quantitative estimate of drug-likeness (QED) is 0.625. The van der Waals surface area contributed by atoms with E-state index >= 15 is 0 Å². The number of aryl methyl sites for hydroxylation is 2. The summed E-state index contributed by atoms with van der Waals surface area (Å²) in [6.45, 7) is 3.98. The summed E-state index contributed by atoms with van der Waals surface area (Å²) in [5, 5.41) is 19.0. The first-order valence-electron chi connectivity index (χ1n) is 5.70. The Labute approximate surface area is 106 Å². The number of hydrogen-bond donors (Lipinski definition) is 2. The molecule has 2 aromatic rings. The standard InChI is InChI=1S/C15H15NO2/c1-10-4-3-5-11(2)15(10)16-9-12-8-13(17)6-7-14(12)18/h3-9,17-18H,1-2H3. The summed E-state index contributed by atoms with van der Waals surface area (Å²) in [7, 11) is 0. The molecule has 0 aliphatic carbocycles. The van der Waals surface area contributed by atoms with E-state index < -0.39 is 0 Å². The summed E-state index contributed by atoms with van der Waals surface area (Å²) >= 11 is 0. The van der Waals surface area contributed by atoms with E-state index in [1.807, 2.05) is 32.0 Å². The normalized spacial score (nSPS) is 11.0. The molecule has 0 spiro atoms. The highest BCUT2D eigenvalue weighted by Gasteiger charge is 2.02. The highest BCUT2D eigenvalue weighted by molar-refractivity contribution is 5.86. The minimum absolute atomic E-state index is 0.0998. The van der Waals surface area contributed by atoms with Crippen molar-refractivity contribution in [2.75, 3.05) is 0 Å². The lowest BCUT2D eigenvalue weighted by molar-refractivity contribution is 0.459. The molecule has 3 nitrogen and oxygen atoms in total. The zero-order valence-corrected chi connectivity index (χ0v) is 10.4. The van der Waals surface area contributed by atoms with Gasteiger partial charge in [0.25, 0.3) is 0 Å². The van der Waals surface area contributed by atoms with Crippen molar-refractivity contribution in [3.05, 3.63) is 53.1 Å². The first-order valence-corrected chi connectivity index (χ1v) is 5.70. The molecule has 2 aromatic carbocycles. The Hall–Kier alpha value is -2.29. The van der Waals surface area contributed by atoms with Gasteiger partial charge in [-0.1, -0.05) is 18.2 Å². The van der Waals surface area contributed by atoms with E-state index in [-0.39, 0.29) is 11.5 Å². The summed E-state index contributed by atoms with van der Waals surface area (Å²) in [5.41, 5.74) is 3.54. The Morgan fingerprint density at radius 2 is 1.67 bits per heavy atom. The van der Waals surface area contributed by atoms with Crippen LogP contribution in [0.3, 0.4) is 0 Å².